The molecule has 2 aromatic carbocycles. The Labute approximate surface area is 159 Å². The van der Waals surface area contributed by atoms with Gasteiger partial charge in [-0.1, -0.05) is 37.6 Å². The maximum Gasteiger partial charge on any atom is 0.222 e. The number of aromatic hydroxyl groups is 1. The number of phenolic OH excluding ortho intramolecular Hbond substituents is 1. The van der Waals surface area contributed by atoms with Crippen LogP contribution in [0, 0.1) is 5.92 Å². The van der Waals surface area contributed by atoms with Gasteiger partial charge in [0.25, 0.3) is 0 Å². The minimum absolute atomic E-state index is 0.0916. The minimum atomic E-state index is 0.0916. The number of amides is 1. The number of carbonyl (C=O) groups excluding carboxylic acids is 1. The first-order valence-electron chi connectivity index (χ1n) is 8.96. The third-order valence-corrected chi connectivity index (χ3v) is 4.80. The summed E-state index contributed by atoms with van der Waals surface area (Å²) in [6.45, 7) is 5.57. The van der Waals surface area contributed by atoms with Crippen molar-refractivity contribution < 1.29 is 14.6 Å². The molecule has 4 nitrogen and oxygen atoms in total. The van der Waals surface area contributed by atoms with Crippen LogP contribution in [0.5, 0.6) is 11.5 Å². The molecule has 1 N–H and O–H groups in total. The summed E-state index contributed by atoms with van der Waals surface area (Å²) in [5.41, 5.74) is 2.58. The van der Waals surface area contributed by atoms with Gasteiger partial charge in [0.1, 0.15) is 6.61 Å². The second kappa shape index (κ2) is 8.00. The number of phenols is 1. The maximum absolute atomic E-state index is 12.5. The van der Waals surface area contributed by atoms with Crippen molar-refractivity contribution >= 4 is 17.5 Å². The van der Waals surface area contributed by atoms with Crippen LogP contribution in [0.3, 0.4) is 0 Å². The molecule has 1 aliphatic rings. The Morgan fingerprint density at radius 1 is 1.27 bits per heavy atom. The number of rotatable bonds is 4. The maximum atomic E-state index is 12.5. The van der Waals surface area contributed by atoms with Gasteiger partial charge in [-0.2, -0.15) is 0 Å². The number of carbonyl (C=O) groups is 1. The molecule has 0 bridgehead atoms. The van der Waals surface area contributed by atoms with Crippen LogP contribution in [-0.2, 0) is 11.3 Å². The van der Waals surface area contributed by atoms with Crippen molar-refractivity contribution in [1.82, 2.24) is 4.90 Å². The summed E-state index contributed by atoms with van der Waals surface area (Å²) in [6, 6.07) is 11.1. The molecule has 1 aliphatic heterocycles. The van der Waals surface area contributed by atoms with Gasteiger partial charge in [0.2, 0.25) is 5.91 Å². The van der Waals surface area contributed by atoms with Gasteiger partial charge in [0.15, 0.2) is 11.5 Å². The minimum Gasteiger partial charge on any atom is -0.504 e. The predicted molar refractivity (Wildman–Crippen MR) is 104 cm³/mol. The summed E-state index contributed by atoms with van der Waals surface area (Å²) in [6.07, 6.45) is 1.41. The van der Waals surface area contributed by atoms with E-state index in [9.17, 15) is 9.90 Å². The molecule has 138 valence electrons. The molecule has 26 heavy (non-hydrogen) atoms. The van der Waals surface area contributed by atoms with E-state index in [-0.39, 0.29) is 11.7 Å². The van der Waals surface area contributed by atoms with E-state index in [4.69, 9.17) is 16.3 Å². The first-order chi connectivity index (χ1) is 12.4. The van der Waals surface area contributed by atoms with Crippen molar-refractivity contribution in [2.45, 2.75) is 33.2 Å². The normalized spacial score (nSPS) is 13.9. The largest absolute Gasteiger partial charge is 0.504 e. The number of fused-ring (bicyclic) bond motifs is 1. The van der Waals surface area contributed by atoms with Crippen LogP contribution in [0.4, 0.5) is 0 Å². The number of benzene rings is 2. The lowest BCUT2D eigenvalue weighted by molar-refractivity contribution is -0.132. The number of halogens is 1. The van der Waals surface area contributed by atoms with Crippen LogP contribution in [0.1, 0.15) is 32.3 Å². The molecule has 0 unspecified atom stereocenters. The highest BCUT2D eigenvalue weighted by Gasteiger charge is 2.23. The Morgan fingerprint density at radius 2 is 2.08 bits per heavy atom. The zero-order valence-corrected chi connectivity index (χ0v) is 15.9. The van der Waals surface area contributed by atoms with Gasteiger partial charge in [-0.25, -0.2) is 0 Å². The molecule has 5 heteroatoms. The van der Waals surface area contributed by atoms with Crippen LogP contribution in [0.2, 0.25) is 5.02 Å². The summed E-state index contributed by atoms with van der Waals surface area (Å²) in [7, 11) is 0. The van der Waals surface area contributed by atoms with Crippen molar-refractivity contribution in [2.24, 2.45) is 5.92 Å². The summed E-state index contributed by atoms with van der Waals surface area (Å²) in [5.74, 6) is 1.18. The van der Waals surface area contributed by atoms with Gasteiger partial charge in [0.05, 0.1) is 6.54 Å². The molecule has 0 aliphatic carbocycles. The fraction of sp³-hybridized carbons (Fsp3) is 0.381. The second-order valence-corrected chi connectivity index (χ2v) is 7.53. The van der Waals surface area contributed by atoms with E-state index in [1.165, 1.54) is 0 Å². The molecular weight excluding hydrogens is 350 g/mol. The molecule has 0 atom stereocenters. The molecule has 0 saturated carbocycles. The van der Waals surface area contributed by atoms with Crippen molar-refractivity contribution in [2.75, 3.05) is 13.2 Å². The first kappa shape index (κ1) is 18.6. The molecule has 0 fully saturated rings. The Hall–Kier alpha value is -2.20. The fourth-order valence-corrected chi connectivity index (χ4v) is 3.31. The molecule has 0 radical (unpaired) electrons. The number of hydrogen-bond acceptors (Lipinski definition) is 3. The van der Waals surface area contributed by atoms with Crippen molar-refractivity contribution in [3.05, 3.63) is 47.0 Å². The third kappa shape index (κ3) is 4.31. The van der Waals surface area contributed by atoms with E-state index >= 15 is 0 Å². The van der Waals surface area contributed by atoms with E-state index in [2.05, 4.69) is 13.8 Å². The average molecular weight is 374 g/mol. The van der Waals surface area contributed by atoms with Crippen molar-refractivity contribution in [1.29, 1.82) is 0 Å². The molecule has 1 heterocycles. The van der Waals surface area contributed by atoms with Crippen LogP contribution in [0.15, 0.2) is 36.4 Å². The van der Waals surface area contributed by atoms with E-state index in [1.807, 2.05) is 35.2 Å². The predicted octanol–water partition coefficient (Wildman–Crippen LogP) is 4.87. The highest BCUT2D eigenvalue weighted by Crippen LogP contribution is 2.38. The number of ether oxygens (including phenoxy) is 1. The molecule has 2 aromatic rings. The zero-order chi connectivity index (χ0) is 18.7. The molecule has 1 amide bonds. The van der Waals surface area contributed by atoms with Crippen LogP contribution < -0.4 is 4.74 Å². The molecular formula is C21H24ClNO3. The molecule has 0 aromatic heterocycles. The summed E-state index contributed by atoms with van der Waals surface area (Å²) in [5, 5.41) is 11.1. The first-order valence-corrected chi connectivity index (χ1v) is 9.34. The second-order valence-electron chi connectivity index (χ2n) is 7.09. The van der Waals surface area contributed by atoms with Gasteiger partial charge in [-0.3, -0.25) is 4.79 Å². The van der Waals surface area contributed by atoms with Gasteiger partial charge in [-0.15, -0.1) is 0 Å². The summed E-state index contributed by atoms with van der Waals surface area (Å²) in [4.78, 5) is 14.4. The number of nitrogens with zero attached hydrogens (tertiary/aromatic N) is 1. The SMILES string of the molecule is CC(C)CCC(=O)N1CCOc2c(O)cc(-c3cccc(Cl)c3)cc2C1. The summed E-state index contributed by atoms with van der Waals surface area (Å²) >= 11 is 6.09. The van der Waals surface area contributed by atoms with E-state index < -0.39 is 0 Å². The standard InChI is InChI=1S/C21H24ClNO3/c1-14(2)6-7-20(25)23-8-9-26-21-17(13-23)10-16(12-19(21)24)15-4-3-5-18(22)11-15/h3-5,10-12,14,24H,6-9,13H2,1-2H3. The fourth-order valence-electron chi connectivity index (χ4n) is 3.12. The van der Waals surface area contributed by atoms with Gasteiger partial charge >= 0.3 is 0 Å². The van der Waals surface area contributed by atoms with E-state index in [1.54, 1.807) is 6.07 Å². The Kier molecular flexibility index (Phi) is 5.72. The molecule has 0 saturated heterocycles. The molecule has 0 spiro atoms. The Bertz CT molecular complexity index is 804. The summed E-state index contributed by atoms with van der Waals surface area (Å²) < 4.78 is 5.73. The Balaban J connectivity index is 1.88. The lowest BCUT2D eigenvalue weighted by Gasteiger charge is -2.20. The van der Waals surface area contributed by atoms with Crippen molar-refractivity contribution in [3.8, 4) is 22.6 Å². The van der Waals surface area contributed by atoms with Crippen LogP contribution in [0.25, 0.3) is 11.1 Å². The smallest absolute Gasteiger partial charge is 0.222 e. The van der Waals surface area contributed by atoms with E-state index in [0.717, 1.165) is 23.1 Å². The quantitative estimate of drug-likeness (QED) is 0.831. The Morgan fingerprint density at radius 3 is 2.81 bits per heavy atom. The van der Waals surface area contributed by atoms with Crippen LogP contribution >= 0.6 is 11.6 Å². The average Bonchev–Trinajstić information content (AvgIpc) is 2.82. The lowest BCUT2D eigenvalue weighted by Crippen LogP contribution is -2.32. The van der Waals surface area contributed by atoms with Gasteiger partial charge in [-0.05, 0) is 47.7 Å². The monoisotopic (exact) mass is 373 g/mol. The van der Waals surface area contributed by atoms with E-state index in [0.29, 0.717) is 42.8 Å². The number of hydrogen-bond donors (Lipinski definition) is 1. The van der Waals surface area contributed by atoms with Gasteiger partial charge < -0.3 is 14.7 Å². The highest BCUT2D eigenvalue weighted by molar-refractivity contribution is 6.30. The third-order valence-electron chi connectivity index (χ3n) is 4.56. The topological polar surface area (TPSA) is 49.8 Å². The molecule has 3 rings (SSSR count). The van der Waals surface area contributed by atoms with Gasteiger partial charge in [0, 0.05) is 23.6 Å². The van der Waals surface area contributed by atoms with Crippen LogP contribution in [-0.4, -0.2) is 29.1 Å². The van der Waals surface area contributed by atoms with Crippen molar-refractivity contribution in [3.63, 3.8) is 0 Å². The zero-order valence-electron chi connectivity index (χ0n) is 15.2. The lowest BCUT2D eigenvalue weighted by atomic mass is 10.0. The highest BCUT2D eigenvalue weighted by atomic mass is 35.5.